The number of para-hydroxylation sites is 1. The van der Waals surface area contributed by atoms with E-state index in [1.165, 1.54) is 6.21 Å². The number of nitrogen functional groups attached to an aromatic ring is 1. The molecule has 0 bridgehead atoms. The molecule has 0 aliphatic heterocycles. The van der Waals surface area contributed by atoms with Crippen molar-refractivity contribution in [2.24, 2.45) is 5.10 Å². The van der Waals surface area contributed by atoms with Crippen molar-refractivity contribution in [2.45, 2.75) is 13.3 Å². The van der Waals surface area contributed by atoms with Crippen molar-refractivity contribution in [2.75, 3.05) is 19.5 Å². The van der Waals surface area contributed by atoms with Crippen LogP contribution in [0.3, 0.4) is 0 Å². The molecule has 0 aliphatic rings. The fourth-order valence-corrected chi connectivity index (χ4v) is 2.01. The van der Waals surface area contributed by atoms with Gasteiger partial charge in [-0.2, -0.15) is 5.10 Å². The van der Waals surface area contributed by atoms with E-state index in [1.807, 2.05) is 25.1 Å². The highest BCUT2D eigenvalue weighted by Gasteiger charge is 2.09. The van der Waals surface area contributed by atoms with Crippen LogP contribution in [0.5, 0.6) is 11.5 Å². The first kappa shape index (κ1) is 17.3. The molecule has 2 aromatic rings. The third kappa shape index (κ3) is 4.49. The molecule has 0 saturated heterocycles. The average Bonchev–Trinajstić information content (AvgIpc) is 2.60. The number of hydrazone groups is 1. The van der Waals surface area contributed by atoms with Crippen LogP contribution in [0.4, 0.5) is 5.69 Å². The molecule has 0 radical (unpaired) electrons. The SMILES string of the molecule is CCCOc1c(/C=N\NC(=O)c2ccc(N)cc2)cccc1OC. The maximum atomic E-state index is 12.0. The van der Waals surface area contributed by atoms with E-state index in [4.69, 9.17) is 15.2 Å². The number of benzene rings is 2. The predicted octanol–water partition coefficient (Wildman–Crippen LogP) is 2.83. The third-order valence-electron chi connectivity index (χ3n) is 3.22. The van der Waals surface area contributed by atoms with Gasteiger partial charge in [0.05, 0.1) is 19.9 Å². The van der Waals surface area contributed by atoms with Crippen molar-refractivity contribution in [3.05, 3.63) is 53.6 Å². The second-order valence-electron chi connectivity index (χ2n) is 5.05. The molecule has 24 heavy (non-hydrogen) atoms. The van der Waals surface area contributed by atoms with Crippen molar-refractivity contribution in [1.29, 1.82) is 0 Å². The molecule has 0 spiro atoms. The number of hydrogen-bond donors (Lipinski definition) is 2. The van der Waals surface area contributed by atoms with Gasteiger partial charge >= 0.3 is 0 Å². The number of anilines is 1. The van der Waals surface area contributed by atoms with Crippen molar-refractivity contribution < 1.29 is 14.3 Å². The summed E-state index contributed by atoms with van der Waals surface area (Å²) >= 11 is 0. The second kappa shape index (κ2) is 8.57. The highest BCUT2D eigenvalue weighted by Crippen LogP contribution is 2.30. The Morgan fingerprint density at radius 1 is 1.25 bits per heavy atom. The van der Waals surface area contributed by atoms with Gasteiger partial charge in [-0.15, -0.1) is 0 Å². The number of carbonyl (C=O) groups excluding carboxylic acids is 1. The average molecular weight is 327 g/mol. The van der Waals surface area contributed by atoms with E-state index in [9.17, 15) is 4.79 Å². The first-order chi connectivity index (χ1) is 11.7. The van der Waals surface area contributed by atoms with Crippen molar-refractivity contribution in [3.63, 3.8) is 0 Å². The number of rotatable bonds is 7. The summed E-state index contributed by atoms with van der Waals surface area (Å²) in [5.74, 6) is 0.912. The van der Waals surface area contributed by atoms with E-state index >= 15 is 0 Å². The van der Waals surface area contributed by atoms with Gasteiger partial charge in [0, 0.05) is 16.8 Å². The van der Waals surface area contributed by atoms with Gasteiger partial charge in [-0.25, -0.2) is 5.43 Å². The Morgan fingerprint density at radius 2 is 2.00 bits per heavy atom. The lowest BCUT2D eigenvalue weighted by molar-refractivity contribution is 0.0955. The van der Waals surface area contributed by atoms with Crippen LogP contribution in [0.1, 0.15) is 29.3 Å². The summed E-state index contributed by atoms with van der Waals surface area (Å²) in [5, 5.41) is 3.99. The van der Waals surface area contributed by atoms with Gasteiger partial charge in [0.1, 0.15) is 0 Å². The van der Waals surface area contributed by atoms with Crippen LogP contribution in [0.25, 0.3) is 0 Å². The van der Waals surface area contributed by atoms with Crippen LogP contribution in [0, 0.1) is 0 Å². The molecule has 2 aromatic carbocycles. The van der Waals surface area contributed by atoms with E-state index in [0.717, 1.165) is 12.0 Å². The molecular weight excluding hydrogens is 306 g/mol. The topological polar surface area (TPSA) is 85.9 Å². The summed E-state index contributed by atoms with van der Waals surface area (Å²) in [6.07, 6.45) is 2.41. The van der Waals surface area contributed by atoms with E-state index in [1.54, 1.807) is 31.4 Å². The minimum Gasteiger partial charge on any atom is -0.493 e. The molecule has 0 aliphatic carbocycles. The number of nitrogens with zero attached hydrogens (tertiary/aromatic N) is 1. The summed E-state index contributed by atoms with van der Waals surface area (Å²) in [7, 11) is 1.58. The Morgan fingerprint density at radius 3 is 2.67 bits per heavy atom. The first-order valence-electron chi connectivity index (χ1n) is 7.64. The molecule has 0 atom stereocenters. The van der Waals surface area contributed by atoms with E-state index in [0.29, 0.717) is 29.4 Å². The summed E-state index contributed by atoms with van der Waals surface area (Å²) in [6, 6.07) is 12.1. The maximum absolute atomic E-state index is 12.0. The monoisotopic (exact) mass is 327 g/mol. The van der Waals surface area contributed by atoms with Crippen molar-refractivity contribution in [1.82, 2.24) is 5.43 Å². The number of amides is 1. The molecule has 6 heteroatoms. The smallest absolute Gasteiger partial charge is 0.271 e. The molecule has 0 heterocycles. The quantitative estimate of drug-likeness (QED) is 0.465. The summed E-state index contributed by atoms with van der Waals surface area (Å²) in [4.78, 5) is 12.0. The highest BCUT2D eigenvalue weighted by atomic mass is 16.5. The predicted molar refractivity (Wildman–Crippen MR) is 94.7 cm³/mol. The van der Waals surface area contributed by atoms with Crippen LogP contribution in [0.15, 0.2) is 47.6 Å². The molecule has 3 N–H and O–H groups in total. The third-order valence-corrected chi connectivity index (χ3v) is 3.22. The Labute approximate surface area is 141 Å². The van der Waals surface area contributed by atoms with Crippen LogP contribution in [-0.4, -0.2) is 25.8 Å². The zero-order valence-electron chi connectivity index (χ0n) is 13.8. The van der Waals surface area contributed by atoms with Gasteiger partial charge in [0.25, 0.3) is 5.91 Å². The number of methoxy groups -OCH3 is 1. The summed E-state index contributed by atoms with van der Waals surface area (Å²) in [6.45, 7) is 2.59. The fraction of sp³-hybridized carbons (Fsp3) is 0.222. The molecule has 0 aromatic heterocycles. The number of nitrogens with one attached hydrogen (secondary N) is 1. The van der Waals surface area contributed by atoms with Gasteiger partial charge in [-0.1, -0.05) is 13.0 Å². The van der Waals surface area contributed by atoms with Gasteiger partial charge < -0.3 is 15.2 Å². The van der Waals surface area contributed by atoms with Crippen LogP contribution < -0.4 is 20.6 Å². The molecule has 0 unspecified atom stereocenters. The van der Waals surface area contributed by atoms with E-state index in [-0.39, 0.29) is 5.91 Å². The van der Waals surface area contributed by atoms with Crippen LogP contribution in [-0.2, 0) is 0 Å². The van der Waals surface area contributed by atoms with Crippen molar-refractivity contribution in [3.8, 4) is 11.5 Å². The first-order valence-corrected chi connectivity index (χ1v) is 7.64. The molecule has 2 rings (SSSR count). The summed E-state index contributed by atoms with van der Waals surface area (Å²) in [5.41, 5.74) is 9.89. The van der Waals surface area contributed by atoms with Crippen molar-refractivity contribution >= 4 is 17.8 Å². The molecule has 126 valence electrons. The number of carbonyl (C=O) groups is 1. The standard InChI is InChI=1S/C18H21N3O3/c1-3-11-24-17-14(5-4-6-16(17)23-2)12-20-21-18(22)13-7-9-15(19)10-8-13/h4-10,12H,3,11,19H2,1-2H3,(H,21,22)/b20-12-. The Hall–Kier alpha value is -3.02. The van der Waals surface area contributed by atoms with Gasteiger partial charge in [-0.05, 0) is 42.8 Å². The fourth-order valence-electron chi connectivity index (χ4n) is 2.01. The Bertz CT molecular complexity index is 712. The van der Waals surface area contributed by atoms with Gasteiger partial charge in [0.15, 0.2) is 11.5 Å². The lowest BCUT2D eigenvalue weighted by atomic mass is 10.2. The normalized spacial score (nSPS) is 10.6. The van der Waals surface area contributed by atoms with Crippen LogP contribution >= 0.6 is 0 Å². The maximum Gasteiger partial charge on any atom is 0.271 e. The number of nitrogens with two attached hydrogens (primary N) is 1. The zero-order chi connectivity index (χ0) is 17.4. The molecule has 6 nitrogen and oxygen atoms in total. The molecule has 0 saturated carbocycles. The number of hydrogen-bond acceptors (Lipinski definition) is 5. The second-order valence-corrected chi connectivity index (χ2v) is 5.05. The lowest BCUT2D eigenvalue weighted by Gasteiger charge is -2.12. The van der Waals surface area contributed by atoms with E-state index in [2.05, 4.69) is 10.5 Å². The van der Waals surface area contributed by atoms with Gasteiger partial charge in [0.2, 0.25) is 0 Å². The summed E-state index contributed by atoms with van der Waals surface area (Å²) < 4.78 is 11.0. The minimum atomic E-state index is -0.315. The molecular formula is C18H21N3O3. The van der Waals surface area contributed by atoms with Crippen LogP contribution in [0.2, 0.25) is 0 Å². The lowest BCUT2D eigenvalue weighted by Crippen LogP contribution is -2.17. The Kier molecular flexibility index (Phi) is 6.19. The zero-order valence-corrected chi connectivity index (χ0v) is 13.8. The number of ether oxygens (including phenoxy) is 2. The largest absolute Gasteiger partial charge is 0.493 e. The molecule has 0 fully saturated rings. The minimum absolute atomic E-state index is 0.315. The Balaban J connectivity index is 2.10. The highest BCUT2D eigenvalue weighted by molar-refractivity contribution is 5.95. The van der Waals surface area contributed by atoms with Gasteiger partial charge in [-0.3, -0.25) is 4.79 Å². The van der Waals surface area contributed by atoms with E-state index < -0.39 is 0 Å². The molecule has 1 amide bonds.